The lowest BCUT2D eigenvalue weighted by atomic mass is 10.1. The zero-order valence-corrected chi connectivity index (χ0v) is 14.0. The van der Waals surface area contributed by atoms with Gasteiger partial charge in [-0.3, -0.25) is 4.79 Å². The van der Waals surface area contributed by atoms with Crippen LogP contribution in [0.2, 0.25) is 0 Å². The fourth-order valence-electron chi connectivity index (χ4n) is 2.20. The molecule has 1 fully saturated rings. The molecule has 1 aliphatic carbocycles. The molecule has 1 saturated carbocycles. The van der Waals surface area contributed by atoms with Crippen molar-refractivity contribution in [2.75, 3.05) is 0 Å². The molecule has 2 aromatic carbocycles. The standard InChI is InChI=1S/C18H16BrNO3/c19-15-9-5-4-8-14(15)18(22)23-16(12-6-2-1-3-7-12)17(21)20-13-10-11-13/h1-9,13,16H,10-11H2,(H,20,21)/t16-/m1/s1. The average molecular weight is 374 g/mol. The van der Waals surface area contributed by atoms with Gasteiger partial charge in [0, 0.05) is 16.1 Å². The van der Waals surface area contributed by atoms with Crippen molar-refractivity contribution in [1.82, 2.24) is 5.32 Å². The summed E-state index contributed by atoms with van der Waals surface area (Å²) in [5, 5.41) is 2.90. The quantitative estimate of drug-likeness (QED) is 0.814. The molecule has 0 unspecified atom stereocenters. The summed E-state index contributed by atoms with van der Waals surface area (Å²) in [6.07, 6.45) is 1.01. The van der Waals surface area contributed by atoms with E-state index in [2.05, 4.69) is 21.2 Å². The second-order valence-corrected chi connectivity index (χ2v) is 6.31. The van der Waals surface area contributed by atoms with Gasteiger partial charge in [0.2, 0.25) is 6.10 Å². The predicted octanol–water partition coefficient (Wildman–Crippen LogP) is 3.63. The summed E-state index contributed by atoms with van der Waals surface area (Å²) in [4.78, 5) is 24.9. The van der Waals surface area contributed by atoms with Gasteiger partial charge >= 0.3 is 5.97 Å². The van der Waals surface area contributed by atoms with Gasteiger partial charge in [-0.15, -0.1) is 0 Å². The van der Waals surface area contributed by atoms with Crippen LogP contribution in [0, 0.1) is 0 Å². The molecule has 4 nitrogen and oxygen atoms in total. The van der Waals surface area contributed by atoms with Crippen LogP contribution in [-0.4, -0.2) is 17.9 Å². The number of rotatable bonds is 5. The minimum absolute atomic E-state index is 0.205. The van der Waals surface area contributed by atoms with Gasteiger partial charge in [0.15, 0.2) is 0 Å². The smallest absolute Gasteiger partial charge is 0.340 e. The Morgan fingerprint density at radius 1 is 1.04 bits per heavy atom. The van der Waals surface area contributed by atoms with Crippen LogP contribution in [0.15, 0.2) is 59.1 Å². The number of amides is 1. The molecule has 1 atom stereocenters. The van der Waals surface area contributed by atoms with Crippen molar-refractivity contribution in [3.8, 4) is 0 Å². The topological polar surface area (TPSA) is 55.4 Å². The second-order valence-electron chi connectivity index (χ2n) is 5.46. The lowest BCUT2D eigenvalue weighted by molar-refractivity contribution is -0.130. The maximum absolute atomic E-state index is 12.4. The fraction of sp³-hybridized carbons (Fsp3) is 0.222. The highest BCUT2D eigenvalue weighted by Gasteiger charge is 2.31. The van der Waals surface area contributed by atoms with E-state index in [0.717, 1.165) is 12.8 Å². The van der Waals surface area contributed by atoms with Crippen LogP contribution >= 0.6 is 15.9 Å². The van der Waals surface area contributed by atoms with Gasteiger partial charge in [0.1, 0.15) is 0 Å². The summed E-state index contributed by atoms with van der Waals surface area (Å²) in [6, 6.07) is 16.3. The third-order valence-electron chi connectivity index (χ3n) is 3.58. The molecule has 1 amide bonds. The highest BCUT2D eigenvalue weighted by atomic mass is 79.9. The van der Waals surface area contributed by atoms with E-state index in [-0.39, 0.29) is 11.9 Å². The molecule has 0 spiro atoms. The molecule has 118 valence electrons. The van der Waals surface area contributed by atoms with Gasteiger partial charge in [-0.05, 0) is 40.9 Å². The van der Waals surface area contributed by atoms with Crippen LogP contribution in [0.1, 0.15) is 34.9 Å². The van der Waals surface area contributed by atoms with Gasteiger partial charge in [-0.25, -0.2) is 4.79 Å². The molecule has 3 rings (SSSR count). The molecule has 2 aromatic rings. The molecular formula is C18H16BrNO3. The minimum Gasteiger partial charge on any atom is -0.444 e. The third kappa shape index (κ3) is 3.99. The van der Waals surface area contributed by atoms with E-state index in [9.17, 15) is 9.59 Å². The molecule has 23 heavy (non-hydrogen) atoms. The number of halogens is 1. The monoisotopic (exact) mass is 373 g/mol. The number of hydrogen-bond donors (Lipinski definition) is 1. The van der Waals surface area contributed by atoms with Gasteiger partial charge in [-0.2, -0.15) is 0 Å². The molecule has 1 N–H and O–H groups in total. The van der Waals surface area contributed by atoms with Crippen molar-refractivity contribution in [2.45, 2.75) is 25.0 Å². The average Bonchev–Trinajstić information content (AvgIpc) is 3.37. The number of hydrogen-bond acceptors (Lipinski definition) is 3. The van der Waals surface area contributed by atoms with E-state index in [0.29, 0.717) is 15.6 Å². The Hall–Kier alpha value is -2.14. The summed E-state index contributed by atoms with van der Waals surface area (Å²) in [6.45, 7) is 0. The maximum atomic E-state index is 12.4. The molecule has 0 bridgehead atoms. The summed E-state index contributed by atoms with van der Waals surface area (Å²) in [5.74, 6) is -0.809. The molecule has 5 heteroatoms. The SMILES string of the molecule is O=C(O[C@@H](C(=O)NC1CC1)c1ccccc1)c1ccccc1Br. The maximum Gasteiger partial charge on any atom is 0.340 e. The Balaban J connectivity index is 1.82. The largest absolute Gasteiger partial charge is 0.444 e. The van der Waals surface area contributed by atoms with Crippen LogP contribution < -0.4 is 5.32 Å². The first-order valence-corrected chi connectivity index (χ1v) is 8.25. The van der Waals surface area contributed by atoms with E-state index in [1.54, 1.807) is 30.3 Å². The first-order valence-electron chi connectivity index (χ1n) is 7.46. The van der Waals surface area contributed by atoms with Gasteiger partial charge in [0.25, 0.3) is 5.91 Å². The Morgan fingerprint density at radius 3 is 2.35 bits per heavy atom. The van der Waals surface area contributed by atoms with Crippen molar-refractivity contribution in [3.63, 3.8) is 0 Å². The normalized spacial score (nSPS) is 14.8. The lowest BCUT2D eigenvalue weighted by Gasteiger charge is -2.18. The van der Waals surface area contributed by atoms with Crippen LogP contribution in [0.5, 0.6) is 0 Å². The third-order valence-corrected chi connectivity index (χ3v) is 4.27. The number of benzene rings is 2. The molecule has 0 heterocycles. The van der Waals surface area contributed by atoms with Gasteiger partial charge in [0.05, 0.1) is 5.56 Å². The van der Waals surface area contributed by atoms with Gasteiger partial charge in [-0.1, -0.05) is 42.5 Å². The Morgan fingerprint density at radius 2 is 1.70 bits per heavy atom. The van der Waals surface area contributed by atoms with E-state index < -0.39 is 12.1 Å². The summed E-state index contributed by atoms with van der Waals surface area (Å²) >= 11 is 3.33. The van der Waals surface area contributed by atoms with Crippen molar-refractivity contribution in [1.29, 1.82) is 0 Å². The van der Waals surface area contributed by atoms with E-state index >= 15 is 0 Å². The number of esters is 1. The highest BCUT2D eigenvalue weighted by molar-refractivity contribution is 9.10. The van der Waals surface area contributed by atoms with E-state index in [4.69, 9.17) is 4.74 Å². The van der Waals surface area contributed by atoms with Crippen LogP contribution in [-0.2, 0) is 9.53 Å². The molecule has 0 radical (unpaired) electrons. The Bertz CT molecular complexity index is 713. The van der Waals surface area contributed by atoms with Gasteiger partial charge < -0.3 is 10.1 Å². The number of carbonyl (C=O) groups is 2. The predicted molar refractivity (Wildman–Crippen MR) is 89.9 cm³/mol. The number of ether oxygens (including phenoxy) is 1. The summed E-state index contributed by atoms with van der Waals surface area (Å²) in [7, 11) is 0. The number of carbonyl (C=O) groups excluding carboxylic acids is 2. The summed E-state index contributed by atoms with van der Waals surface area (Å²) in [5.41, 5.74) is 1.05. The van der Waals surface area contributed by atoms with Crippen LogP contribution in [0.4, 0.5) is 0 Å². The summed E-state index contributed by atoms with van der Waals surface area (Å²) < 4.78 is 6.15. The van der Waals surface area contributed by atoms with E-state index in [1.165, 1.54) is 0 Å². The molecule has 0 aromatic heterocycles. The van der Waals surface area contributed by atoms with Crippen molar-refractivity contribution in [2.24, 2.45) is 0 Å². The Kier molecular flexibility index (Phi) is 4.76. The van der Waals surface area contributed by atoms with Crippen LogP contribution in [0.3, 0.4) is 0 Å². The second kappa shape index (κ2) is 6.96. The zero-order valence-electron chi connectivity index (χ0n) is 12.4. The first kappa shape index (κ1) is 15.7. The molecule has 0 saturated heterocycles. The highest BCUT2D eigenvalue weighted by Crippen LogP contribution is 2.25. The Labute approximate surface area is 143 Å². The van der Waals surface area contributed by atoms with Crippen molar-refractivity contribution >= 4 is 27.8 Å². The first-order chi connectivity index (χ1) is 11.1. The molecule has 0 aliphatic heterocycles. The lowest BCUT2D eigenvalue weighted by Crippen LogP contribution is -2.33. The number of nitrogens with one attached hydrogen (secondary N) is 1. The zero-order chi connectivity index (χ0) is 16.2. The van der Waals surface area contributed by atoms with Crippen molar-refractivity contribution in [3.05, 3.63) is 70.2 Å². The minimum atomic E-state index is -0.948. The van der Waals surface area contributed by atoms with Crippen LogP contribution in [0.25, 0.3) is 0 Å². The molecular weight excluding hydrogens is 358 g/mol. The van der Waals surface area contributed by atoms with E-state index in [1.807, 2.05) is 24.3 Å². The van der Waals surface area contributed by atoms with Crippen molar-refractivity contribution < 1.29 is 14.3 Å². The fourth-order valence-corrected chi connectivity index (χ4v) is 2.65. The molecule has 1 aliphatic rings.